The van der Waals surface area contributed by atoms with Crippen LogP contribution in [0.15, 0.2) is 24.3 Å². The van der Waals surface area contributed by atoms with Gasteiger partial charge in [0.05, 0.1) is 6.61 Å². The molecule has 1 aromatic carbocycles. The first kappa shape index (κ1) is 14.2. The third-order valence-corrected chi connectivity index (χ3v) is 3.45. The molecule has 0 amide bonds. The van der Waals surface area contributed by atoms with Gasteiger partial charge in [0.15, 0.2) is 0 Å². The van der Waals surface area contributed by atoms with Crippen LogP contribution < -0.4 is 9.64 Å². The molecule has 105 valence electrons. The van der Waals surface area contributed by atoms with Crippen LogP contribution in [0, 0.1) is 6.92 Å². The summed E-state index contributed by atoms with van der Waals surface area (Å²) >= 11 is 0. The van der Waals surface area contributed by atoms with Crippen LogP contribution in [0.25, 0.3) is 0 Å². The van der Waals surface area contributed by atoms with E-state index in [-0.39, 0.29) is 0 Å². The summed E-state index contributed by atoms with van der Waals surface area (Å²) in [4.78, 5) is 4.78. The maximum atomic E-state index is 5.56. The van der Waals surface area contributed by atoms with E-state index in [4.69, 9.17) is 9.47 Å². The predicted molar refractivity (Wildman–Crippen MR) is 77.8 cm³/mol. The second-order valence-electron chi connectivity index (χ2n) is 4.66. The molecule has 4 nitrogen and oxygen atoms in total. The maximum Gasteiger partial charge on any atom is 0.119 e. The number of piperazine rings is 1. The van der Waals surface area contributed by atoms with E-state index in [0.717, 1.165) is 38.5 Å². The second kappa shape index (κ2) is 7.36. The van der Waals surface area contributed by atoms with Crippen molar-refractivity contribution in [3.05, 3.63) is 31.2 Å². The number of ether oxygens (including phenoxy) is 2. The van der Waals surface area contributed by atoms with Crippen molar-refractivity contribution in [1.82, 2.24) is 4.90 Å². The minimum Gasteiger partial charge on any atom is -0.491 e. The van der Waals surface area contributed by atoms with E-state index in [9.17, 15) is 0 Å². The van der Waals surface area contributed by atoms with Crippen molar-refractivity contribution in [2.24, 2.45) is 0 Å². The van der Waals surface area contributed by atoms with E-state index in [1.807, 2.05) is 12.1 Å². The highest BCUT2D eigenvalue weighted by atomic mass is 16.5. The predicted octanol–water partition coefficient (Wildman–Crippen LogP) is 1.67. The quantitative estimate of drug-likeness (QED) is 0.729. The van der Waals surface area contributed by atoms with Crippen molar-refractivity contribution in [2.75, 3.05) is 57.9 Å². The van der Waals surface area contributed by atoms with Gasteiger partial charge in [-0.1, -0.05) is 0 Å². The standard InChI is InChI=1S/C15H23N2O2/c1-3-16-8-10-17(11-9-16)14-4-6-15(7-5-14)19-13-12-18-2/h4-7H,1,3,8-13H2,2H3. The van der Waals surface area contributed by atoms with E-state index >= 15 is 0 Å². The average Bonchev–Trinajstić information content (AvgIpc) is 2.48. The minimum atomic E-state index is 0.595. The summed E-state index contributed by atoms with van der Waals surface area (Å²) in [6.07, 6.45) is 0. The summed E-state index contributed by atoms with van der Waals surface area (Å²) in [6, 6.07) is 8.31. The van der Waals surface area contributed by atoms with Crippen molar-refractivity contribution in [2.45, 2.75) is 0 Å². The number of rotatable bonds is 6. The molecule has 1 aliphatic heterocycles. The Morgan fingerprint density at radius 1 is 1.05 bits per heavy atom. The Morgan fingerprint density at radius 2 is 1.74 bits per heavy atom. The van der Waals surface area contributed by atoms with Crippen LogP contribution in [0.2, 0.25) is 0 Å². The maximum absolute atomic E-state index is 5.56. The van der Waals surface area contributed by atoms with Gasteiger partial charge >= 0.3 is 0 Å². The van der Waals surface area contributed by atoms with Crippen molar-refractivity contribution in [3.8, 4) is 5.75 Å². The molecule has 0 bridgehead atoms. The van der Waals surface area contributed by atoms with Crippen LogP contribution in [-0.2, 0) is 4.74 Å². The van der Waals surface area contributed by atoms with Gasteiger partial charge in [0.25, 0.3) is 0 Å². The summed E-state index contributed by atoms with van der Waals surface area (Å²) in [5, 5.41) is 0. The Morgan fingerprint density at radius 3 is 2.32 bits per heavy atom. The highest BCUT2D eigenvalue weighted by molar-refractivity contribution is 5.49. The lowest BCUT2D eigenvalue weighted by Gasteiger charge is -2.35. The molecule has 1 aliphatic rings. The van der Waals surface area contributed by atoms with Gasteiger partial charge in [-0.25, -0.2) is 0 Å². The van der Waals surface area contributed by atoms with Crippen molar-refractivity contribution < 1.29 is 9.47 Å². The topological polar surface area (TPSA) is 24.9 Å². The molecule has 1 heterocycles. The molecule has 1 radical (unpaired) electrons. The van der Waals surface area contributed by atoms with Crippen LogP contribution in [-0.4, -0.2) is 57.9 Å². The molecule has 0 unspecified atom stereocenters. The van der Waals surface area contributed by atoms with Gasteiger partial charge < -0.3 is 14.4 Å². The average molecular weight is 263 g/mol. The van der Waals surface area contributed by atoms with Gasteiger partial charge in [-0.05, 0) is 37.7 Å². The Labute approximate surface area is 115 Å². The highest BCUT2D eigenvalue weighted by Gasteiger charge is 2.15. The fourth-order valence-corrected chi connectivity index (χ4v) is 2.23. The lowest BCUT2D eigenvalue weighted by atomic mass is 10.2. The second-order valence-corrected chi connectivity index (χ2v) is 4.66. The molecule has 1 saturated heterocycles. The Hall–Kier alpha value is -1.26. The fraction of sp³-hybridized carbons (Fsp3) is 0.533. The van der Waals surface area contributed by atoms with E-state index in [2.05, 4.69) is 28.9 Å². The molecular formula is C15H23N2O2. The Kier molecular flexibility index (Phi) is 5.48. The monoisotopic (exact) mass is 263 g/mol. The number of anilines is 1. The van der Waals surface area contributed by atoms with Crippen LogP contribution >= 0.6 is 0 Å². The smallest absolute Gasteiger partial charge is 0.119 e. The van der Waals surface area contributed by atoms with Gasteiger partial charge in [-0.15, -0.1) is 0 Å². The zero-order valence-corrected chi connectivity index (χ0v) is 11.7. The zero-order chi connectivity index (χ0) is 13.5. The minimum absolute atomic E-state index is 0.595. The molecule has 0 saturated carbocycles. The van der Waals surface area contributed by atoms with Crippen molar-refractivity contribution in [3.63, 3.8) is 0 Å². The van der Waals surface area contributed by atoms with Gasteiger partial charge in [0.1, 0.15) is 12.4 Å². The van der Waals surface area contributed by atoms with E-state index in [1.165, 1.54) is 5.69 Å². The SMILES string of the molecule is [CH2]CN1CCN(c2ccc(OCCOC)cc2)CC1. The molecule has 0 aliphatic carbocycles. The number of hydrogen-bond donors (Lipinski definition) is 0. The molecule has 19 heavy (non-hydrogen) atoms. The summed E-state index contributed by atoms with van der Waals surface area (Å²) in [5.74, 6) is 0.900. The molecule has 0 atom stereocenters. The third-order valence-electron chi connectivity index (χ3n) is 3.45. The van der Waals surface area contributed by atoms with E-state index in [1.54, 1.807) is 7.11 Å². The molecule has 4 heteroatoms. The van der Waals surface area contributed by atoms with Crippen LogP contribution in [0.1, 0.15) is 0 Å². The fourth-order valence-electron chi connectivity index (χ4n) is 2.23. The third kappa shape index (κ3) is 4.11. The number of methoxy groups -OCH3 is 1. The Balaban J connectivity index is 1.84. The summed E-state index contributed by atoms with van der Waals surface area (Å²) in [7, 11) is 1.68. The largest absolute Gasteiger partial charge is 0.491 e. The molecule has 2 rings (SSSR count). The van der Waals surface area contributed by atoms with Gasteiger partial charge in [0, 0.05) is 39.0 Å². The molecule has 1 aromatic rings. The van der Waals surface area contributed by atoms with Crippen LogP contribution in [0.3, 0.4) is 0 Å². The van der Waals surface area contributed by atoms with E-state index < -0.39 is 0 Å². The lowest BCUT2D eigenvalue weighted by molar-refractivity contribution is 0.146. The van der Waals surface area contributed by atoms with E-state index in [0.29, 0.717) is 13.2 Å². The molecule has 0 N–H and O–H groups in total. The first-order valence-corrected chi connectivity index (χ1v) is 6.82. The van der Waals surface area contributed by atoms with Gasteiger partial charge in [-0.3, -0.25) is 4.90 Å². The van der Waals surface area contributed by atoms with Gasteiger partial charge in [0.2, 0.25) is 0 Å². The summed E-state index contributed by atoms with van der Waals surface area (Å²) < 4.78 is 10.5. The first-order chi connectivity index (χ1) is 9.33. The van der Waals surface area contributed by atoms with Crippen molar-refractivity contribution in [1.29, 1.82) is 0 Å². The Bertz CT molecular complexity index is 359. The van der Waals surface area contributed by atoms with Crippen molar-refractivity contribution >= 4 is 5.69 Å². The normalized spacial score (nSPS) is 16.6. The van der Waals surface area contributed by atoms with Gasteiger partial charge in [-0.2, -0.15) is 0 Å². The summed E-state index contributed by atoms with van der Waals surface area (Å²) in [6.45, 7) is 10.4. The molecule has 0 aromatic heterocycles. The number of hydrogen-bond acceptors (Lipinski definition) is 4. The molecule has 1 fully saturated rings. The number of benzene rings is 1. The summed E-state index contributed by atoms with van der Waals surface area (Å²) in [5.41, 5.74) is 1.27. The molecular weight excluding hydrogens is 240 g/mol. The highest BCUT2D eigenvalue weighted by Crippen LogP contribution is 2.20. The number of nitrogens with zero attached hydrogens (tertiary/aromatic N) is 2. The van der Waals surface area contributed by atoms with Crippen LogP contribution in [0.5, 0.6) is 5.75 Å². The van der Waals surface area contributed by atoms with Crippen LogP contribution in [0.4, 0.5) is 5.69 Å². The molecule has 0 spiro atoms. The lowest BCUT2D eigenvalue weighted by Crippen LogP contribution is -2.46. The first-order valence-electron chi connectivity index (χ1n) is 6.82. The zero-order valence-electron chi connectivity index (χ0n) is 11.7.